The molecule has 0 bridgehead atoms. The van der Waals surface area contributed by atoms with Crippen LogP contribution in [-0.4, -0.2) is 123 Å². The van der Waals surface area contributed by atoms with Crippen molar-refractivity contribution in [2.45, 2.75) is 161 Å². The fraction of sp³-hybridized carbons (Fsp3) is 0.355. The second-order valence-corrected chi connectivity index (χ2v) is 37.9. The summed E-state index contributed by atoms with van der Waals surface area (Å²) in [5, 5.41) is 37.5. The number of aryl methyl sites for hydroxylation is 1. The summed E-state index contributed by atoms with van der Waals surface area (Å²) < 4.78 is 85.7. The number of H-pyrrole nitrogens is 1. The molecule has 0 saturated heterocycles. The molecule has 3 atom stereocenters. The summed E-state index contributed by atoms with van der Waals surface area (Å²) in [6, 6.07) is 27.2. The fourth-order valence-corrected chi connectivity index (χ4v) is 17.0. The molecule has 3 aliphatic carbocycles. The maximum absolute atomic E-state index is 14.0. The van der Waals surface area contributed by atoms with Gasteiger partial charge in [0.2, 0.25) is 0 Å². The Morgan fingerprint density at radius 1 is 0.484 bits per heavy atom. The molecule has 13 N–H and O–H groups in total. The lowest BCUT2D eigenvalue weighted by Crippen LogP contribution is -2.48. The minimum atomic E-state index is -2.52. The molecule has 9 heterocycles. The molecule has 126 heavy (non-hydrogen) atoms. The Balaban J connectivity index is 0.000000139. The number of pyridine rings is 3. The molecule has 0 unspecified atom stereocenters. The minimum Gasteiger partial charge on any atom is -0.383 e. The van der Waals surface area contributed by atoms with Gasteiger partial charge < -0.3 is 57.6 Å². The summed E-state index contributed by atoms with van der Waals surface area (Å²) >= 11 is 20.4. The molecule has 6 aromatic carbocycles. The van der Waals surface area contributed by atoms with Crippen LogP contribution in [0.1, 0.15) is 168 Å². The third kappa shape index (κ3) is 17.3. The first kappa shape index (κ1) is 87.3. The lowest BCUT2D eigenvalue weighted by Gasteiger charge is -2.25. The lowest BCUT2D eigenvalue weighted by atomic mass is 9.94. The van der Waals surface area contributed by atoms with Gasteiger partial charge in [-0.05, 0) is 120 Å². The van der Waals surface area contributed by atoms with Crippen molar-refractivity contribution in [3.8, 4) is 37.0 Å². The van der Waals surface area contributed by atoms with Gasteiger partial charge >= 0.3 is 0 Å². The van der Waals surface area contributed by atoms with E-state index in [4.69, 9.17) is 54.1 Å². The average molecular weight is 1770 g/mol. The summed E-state index contributed by atoms with van der Waals surface area (Å²) in [6.45, 7) is 21.7. The number of hydrogen-bond donors (Lipinski definition) is 13. The number of fused-ring (bicyclic) bond motifs is 6. The monoisotopic (exact) mass is 1770 g/mol. The van der Waals surface area contributed by atoms with Gasteiger partial charge in [-0.2, -0.15) is 5.10 Å². The van der Waals surface area contributed by atoms with Crippen LogP contribution in [0.3, 0.4) is 0 Å². The van der Waals surface area contributed by atoms with Crippen LogP contribution in [-0.2, 0) is 13.6 Å². The first-order chi connectivity index (χ1) is 60.0. The maximum atomic E-state index is 14.0. The van der Waals surface area contributed by atoms with Crippen molar-refractivity contribution in [2.24, 2.45) is 23.3 Å². The first-order valence-corrected chi connectivity index (χ1v) is 42.5. The number of aromatic nitrogens is 7. The summed E-state index contributed by atoms with van der Waals surface area (Å²) in [5.41, 5.74) is 31.2. The number of benzene rings is 6. The number of amides is 1. The molecule has 33 heteroatoms. The van der Waals surface area contributed by atoms with Crippen molar-refractivity contribution in [1.82, 2.24) is 87.5 Å². The smallest absolute Gasteiger partial charge is 0.262 e. The third-order valence-electron chi connectivity index (χ3n) is 23.6. The zero-order chi connectivity index (χ0) is 89.4. The summed E-state index contributed by atoms with van der Waals surface area (Å²) in [7, 11) is 3.69. The number of nitrogens with one attached hydrogen (secondary N) is 13. The molecule has 3 fully saturated rings. The second kappa shape index (κ2) is 33.9. The number of rotatable bonds is 24. The van der Waals surface area contributed by atoms with Crippen LogP contribution in [0.25, 0.3) is 54.6 Å². The van der Waals surface area contributed by atoms with Crippen LogP contribution in [0.5, 0.6) is 0 Å². The third-order valence-corrected chi connectivity index (χ3v) is 24.4. The van der Waals surface area contributed by atoms with E-state index >= 15 is 0 Å². The number of alkyl halides is 6. The van der Waals surface area contributed by atoms with E-state index in [0.29, 0.717) is 158 Å². The number of para-hydroxylation sites is 1. The van der Waals surface area contributed by atoms with Gasteiger partial charge in [-0.25, -0.2) is 31.3 Å². The van der Waals surface area contributed by atoms with Crippen molar-refractivity contribution in [3.63, 3.8) is 0 Å². The number of carbonyl (C=O) groups excluding carboxylic acids is 1. The van der Waals surface area contributed by atoms with E-state index in [1.54, 1.807) is 67.7 Å². The first-order valence-electron chi connectivity index (χ1n) is 41.4. The minimum absolute atomic E-state index is 0.00460. The van der Waals surface area contributed by atoms with Gasteiger partial charge in [0, 0.05) is 122 Å². The van der Waals surface area contributed by atoms with Crippen LogP contribution in [0.2, 0.25) is 15.1 Å². The van der Waals surface area contributed by atoms with Gasteiger partial charge in [-0.1, -0.05) is 157 Å². The number of hydrogen-bond acceptors (Lipinski definition) is 21. The number of aromatic amines is 1. The molecule has 0 spiro atoms. The molecule has 3 saturated carbocycles. The molecular formula is C93H98Cl3F6N23O. The van der Waals surface area contributed by atoms with Crippen LogP contribution in [0.4, 0.5) is 60.5 Å². The SMILES string of the molecule is C#Cc1cnc2c(Cl)cc(N[C@H](C3=CN(C4(C(F)F)CC4)NN3)c3cccc4[nH]ncc34)cc2c1NCC(C)(C)C.C#Cc1cnc2c(Cl)cc(N[C@H](C3=CN(C4(C(F)F)CC4)NN3)c3cccc4c3C(=O)N(C)C4)cc2c1NCC(C)(C)C.C#Cc1cnc2c(Cl)cc(N[C@H](C3=CN(C4(C(F)F)CC4)NN3)c3cccc4ncn(C)c34)cc2c1NCC(C)(C)C. The van der Waals surface area contributed by atoms with E-state index in [1.165, 1.54) is 15.0 Å². The Morgan fingerprint density at radius 2 is 0.857 bits per heavy atom. The number of halogens is 9. The molecule has 1 amide bonds. The molecule has 18 rings (SSSR count). The van der Waals surface area contributed by atoms with E-state index in [1.807, 2.05) is 96.5 Å². The Morgan fingerprint density at radius 3 is 1.25 bits per heavy atom. The molecule has 654 valence electrons. The van der Waals surface area contributed by atoms with E-state index in [-0.39, 0.29) is 22.2 Å². The van der Waals surface area contributed by atoms with Gasteiger partial charge in [-0.15, -0.1) is 35.9 Å². The van der Waals surface area contributed by atoms with Crippen molar-refractivity contribution in [1.29, 1.82) is 0 Å². The summed E-state index contributed by atoms with van der Waals surface area (Å²) in [6.07, 6.45) is 26.0. The molecule has 0 radical (unpaired) electrons. The number of hydrazine groups is 6. The molecule has 24 nitrogen and oxygen atoms in total. The van der Waals surface area contributed by atoms with E-state index in [0.717, 1.165) is 71.8 Å². The topological polar surface area (TPSA) is 260 Å². The highest BCUT2D eigenvalue weighted by atomic mass is 35.5. The molecule has 11 aromatic rings. The van der Waals surface area contributed by atoms with Gasteiger partial charge in [-0.3, -0.25) is 39.9 Å². The van der Waals surface area contributed by atoms with E-state index in [9.17, 15) is 31.1 Å². The largest absolute Gasteiger partial charge is 0.383 e. The second-order valence-electron chi connectivity index (χ2n) is 36.7. The normalized spacial score (nSPS) is 17.2. The predicted molar refractivity (Wildman–Crippen MR) is 489 cm³/mol. The molecule has 5 aromatic heterocycles. The molecular weight excluding hydrogens is 1680 g/mol. The van der Waals surface area contributed by atoms with Crippen LogP contribution in [0, 0.1) is 53.3 Å². The highest BCUT2D eigenvalue weighted by Crippen LogP contribution is 2.52. The fourth-order valence-electron chi connectivity index (χ4n) is 16.2. The average Bonchev–Trinajstić information content (AvgIpc) is 1.58. The highest BCUT2D eigenvalue weighted by molar-refractivity contribution is 6.37. The van der Waals surface area contributed by atoms with Crippen LogP contribution in [0.15, 0.2) is 158 Å². The number of anilines is 6. The Hall–Kier alpha value is -12.2. The van der Waals surface area contributed by atoms with Gasteiger partial charge in [0.1, 0.15) is 16.6 Å². The van der Waals surface area contributed by atoms with Crippen molar-refractivity contribution in [3.05, 3.63) is 217 Å². The van der Waals surface area contributed by atoms with Gasteiger partial charge in [0.15, 0.2) is 0 Å². The predicted octanol–water partition coefficient (Wildman–Crippen LogP) is 18.7. The van der Waals surface area contributed by atoms with Crippen molar-refractivity contribution < 1.29 is 31.1 Å². The van der Waals surface area contributed by atoms with E-state index in [2.05, 4.69) is 175 Å². The Bertz CT molecular complexity index is 6330. The number of nitrogens with zero attached hydrogens (tertiary/aromatic N) is 10. The van der Waals surface area contributed by atoms with Crippen molar-refractivity contribution >= 4 is 129 Å². The quantitative estimate of drug-likeness (QED) is 0.0198. The number of imidazole rings is 1. The number of carbonyl (C=O) groups is 1. The highest BCUT2D eigenvalue weighted by Gasteiger charge is 2.59. The molecule has 7 aliphatic rings. The van der Waals surface area contributed by atoms with E-state index < -0.39 is 54.0 Å². The Kier molecular flexibility index (Phi) is 23.5. The van der Waals surface area contributed by atoms with Crippen molar-refractivity contribution in [2.75, 3.05) is 58.6 Å². The summed E-state index contributed by atoms with van der Waals surface area (Å²) in [5.74, 6) is 8.10. The maximum Gasteiger partial charge on any atom is 0.262 e. The summed E-state index contributed by atoms with van der Waals surface area (Å²) in [4.78, 5) is 33.1. The van der Waals surface area contributed by atoms with Crippen LogP contribution >= 0.6 is 34.8 Å². The standard InChI is InChI=1S/C32H34ClF2N7O.C31H33ClF2N8.C30H31ClF2N8/c1-6-18-14-36-27-22(26(18)37-17-31(2,3)4)12-20(13-23(27)33)38-28(21-9-7-8-19-15-41(5)29(43)25(19)21)24-16-42(40-39-24)32(10-11-32)30(34)35;1-6-18-14-35-26-21(25(18)36-16-30(2,3)4)12-19(13-22(26)32)38-27(20-8-7-9-23-28(20)41(5)17-37-23)24-15-42(40-39-24)31(10-11-31)29(33)34;1-5-17-13-34-26-20(25(17)35-16-29(2,3)4)11-18(12-22(26)31)37-27(19-7-6-8-23-21(19)14-36-38-23)24-15-41(40-39-24)30(9-10-30)28(32)33/h1,7-9,12-14,16,28,30,38-40H,10-11,15,17H2,2-5H3,(H,36,37);1,7-9,12-15,17,27,29,38-40H,10-11,16H2,2-5H3,(H,35,36);1,6-8,11-15,27-28,37,39-40H,9-10,16H2,2-4H3,(H,34,35)(H,36,38)/t28-;2*27-/m000/s1. The zero-order valence-corrected chi connectivity index (χ0v) is 73.6. The zero-order valence-electron chi connectivity index (χ0n) is 71.3. The number of terminal acetylenes is 3. The Labute approximate surface area is 741 Å². The van der Waals surface area contributed by atoms with Gasteiger partial charge in [0.25, 0.3) is 25.2 Å². The van der Waals surface area contributed by atoms with Crippen LogP contribution < -0.4 is 64.8 Å². The lowest BCUT2D eigenvalue weighted by molar-refractivity contribution is 0.00897. The van der Waals surface area contributed by atoms with Gasteiger partial charge in [0.05, 0.1) is 135 Å². The molecule has 4 aliphatic heterocycles.